The monoisotopic (exact) mass is 608 g/mol. The Morgan fingerprint density at radius 1 is 0.455 bits per heavy atom. The molecule has 0 aliphatic heterocycles. The Balaban J connectivity index is 1.40. The first-order valence-electron chi connectivity index (χ1n) is 13.0. The van der Waals surface area contributed by atoms with E-state index in [4.69, 9.17) is 13.6 Å². The Morgan fingerprint density at radius 2 is 0.750 bits per heavy atom. The molecular formula is C33H21O10P. The summed E-state index contributed by atoms with van der Waals surface area (Å²) in [5.74, 6) is -0.469. The molecule has 44 heavy (non-hydrogen) atoms. The van der Waals surface area contributed by atoms with Gasteiger partial charge in [0.15, 0.2) is 18.9 Å². The molecule has 0 heterocycles. The number of benzene rings is 6. The maximum atomic E-state index is 14.3. The predicted molar refractivity (Wildman–Crippen MR) is 162 cm³/mol. The molecule has 0 bridgehead atoms. The summed E-state index contributed by atoms with van der Waals surface area (Å²) in [6, 6.07) is 22.3. The summed E-state index contributed by atoms with van der Waals surface area (Å²) < 4.78 is 31.8. The minimum absolute atomic E-state index is 0.0576. The van der Waals surface area contributed by atoms with Gasteiger partial charge in [-0.2, -0.15) is 4.57 Å². The first-order valence-corrected chi connectivity index (χ1v) is 14.5. The molecule has 11 heteroatoms. The highest BCUT2D eigenvalue weighted by Gasteiger charge is 2.34. The van der Waals surface area contributed by atoms with E-state index in [1.54, 1.807) is 18.2 Å². The van der Waals surface area contributed by atoms with Crippen LogP contribution in [-0.4, -0.2) is 34.2 Å². The minimum atomic E-state index is -4.56. The Kier molecular flexibility index (Phi) is 7.12. The van der Waals surface area contributed by atoms with E-state index in [2.05, 4.69) is 0 Å². The van der Waals surface area contributed by atoms with Gasteiger partial charge in [0.2, 0.25) is 0 Å². The van der Waals surface area contributed by atoms with Crippen molar-refractivity contribution in [2.24, 2.45) is 0 Å². The van der Waals surface area contributed by atoms with Gasteiger partial charge in [-0.05, 0) is 89.0 Å². The highest BCUT2D eigenvalue weighted by molar-refractivity contribution is 7.49. The average Bonchev–Trinajstić information content (AvgIpc) is 3.01. The van der Waals surface area contributed by atoms with Crippen molar-refractivity contribution in [2.45, 2.75) is 0 Å². The predicted octanol–water partition coefficient (Wildman–Crippen LogP) is 7.35. The van der Waals surface area contributed by atoms with Gasteiger partial charge < -0.3 is 28.9 Å². The molecule has 0 aliphatic carbocycles. The summed E-state index contributed by atoms with van der Waals surface area (Å²) in [6.45, 7) is 0. The van der Waals surface area contributed by atoms with Crippen molar-refractivity contribution in [1.82, 2.24) is 0 Å². The smallest absolute Gasteiger partial charge is 0.507 e. The summed E-state index contributed by atoms with van der Waals surface area (Å²) >= 11 is 0. The van der Waals surface area contributed by atoms with Gasteiger partial charge >= 0.3 is 7.82 Å². The number of phosphoric acid groups is 1. The molecule has 0 atom stereocenters. The van der Waals surface area contributed by atoms with E-state index in [9.17, 15) is 34.3 Å². The van der Waals surface area contributed by atoms with E-state index < -0.39 is 7.82 Å². The lowest BCUT2D eigenvalue weighted by Gasteiger charge is -2.20. The lowest BCUT2D eigenvalue weighted by Crippen LogP contribution is -2.07. The molecule has 218 valence electrons. The third-order valence-corrected chi connectivity index (χ3v) is 8.32. The number of fused-ring (bicyclic) bond motifs is 3. The van der Waals surface area contributed by atoms with Gasteiger partial charge in [0.05, 0.1) is 16.7 Å². The zero-order valence-electron chi connectivity index (χ0n) is 22.5. The van der Waals surface area contributed by atoms with E-state index in [0.29, 0.717) is 51.2 Å². The maximum absolute atomic E-state index is 14.3. The molecule has 0 unspecified atom stereocenters. The van der Waals surface area contributed by atoms with Gasteiger partial charge in [0, 0.05) is 16.2 Å². The molecule has 0 aromatic heterocycles. The van der Waals surface area contributed by atoms with Crippen LogP contribution in [-0.2, 0) is 4.57 Å². The minimum Gasteiger partial charge on any atom is -0.507 e. The fraction of sp³-hybridized carbons (Fsp3) is 0. The lowest BCUT2D eigenvalue weighted by atomic mass is 10.1. The molecule has 0 saturated heterocycles. The van der Waals surface area contributed by atoms with Gasteiger partial charge in [0.25, 0.3) is 0 Å². The first-order chi connectivity index (χ1) is 21.2. The number of carbonyl (C=O) groups is 3. The van der Waals surface area contributed by atoms with Crippen LogP contribution < -0.4 is 13.6 Å². The Labute approximate surface area is 248 Å². The molecule has 3 N–H and O–H groups in total. The van der Waals surface area contributed by atoms with Crippen LogP contribution in [0, 0.1) is 0 Å². The van der Waals surface area contributed by atoms with Crippen LogP contribution in [0.4, 0.5) is 0 Å². The third kappa shape index (κ3) is 5.14. The summed E-state index contributed by atoms with van der Waals surface area (Å²) in [5.41, 5.74) is 0.316. The molecule has 6 aromatic carbocycles. The van der Waals surface area contributed by atoms with E-state index >= 15 is 0 Å². The molecule has 0 radical (unpaired) electrons. The van der Waals surface area contributed by atoms with E-state index in [-0.39, 0.29) is 51.2 Å². The molecule has 6 aromatic rings. The SMILES string of the molecule is O=Cc1ccc2cc(OP(=O)(Oc3ccc4c(O)c(C=O)ccc4c3)Oc3ccc4c(O)c(C=O)ccc4c3)ccc2c1O. The number of hydrogen-bond donors (Lipinski definition) is 3. The fourth-order valence-corrected chi connectivity index (χ4v) is 6.05. The molecular weight excluding hydrogens is 587 g/mol. The lowest BCUT2D eigenvalue weighted by molar-refractivity contribution is 0.111. The number of phenolic OH excluding ortho intramolecular Hbond substituents is 3. The third-order valence-electron chi connectivity index (χ3n) is 7.01. The van der Waals surface area contributed by atoms with Crippen molar-refractivity contribution < 1.29 is 47.8 Å². The van der Waals surface area contributed by atoms with Gasteiger partial charge in [-0.3, -0.25) is 14.4 Å². The molecule has 6 rings (SSSR count). The zero-order chi connectivity index (χ0) is 31.0. The van der Waals surface area contributed by atoms with Crippen LogP contribution in [0.2, 0.25) is 0 Å². The molecule has 0 spiro atoms. The van der Waals surface area contributed by atoms with Crippen LogP contribution in [0.15, 0.2) is 91.0 Å². The molecule has 0 aliphatic rings. The number of carbonyl (C=O) groups excluding carboxylic acids is 3. The molecule has 0 amide bonds. The van der Waals surface area contributed by atoms with E-state index in [1.807, 2.05) is 0 Å². The second-order valence-corrected chi connectivity index (χ2v) is 11.2. The van der Waals surface area contributed by atoms with Crippen molar-refractivity contribution in [2.75, 3.05) is 0 Å². The van der Waals surface area contributed by atoms with Crippen molar-refractivity contribution in [3.8, 4) is 34.5 Å². The second kappa shape index (κ2) is 11.1. The van der Waals surface area contributed by atoms with Crippen LogP contribution in [0.5, 0.6) is 34.5 Å². The molecule has 10 nitrogen and oxygen atoms in total. The summed E-state index contributed by atoms with van der Waals surface area (Å²) in [4.78, 5) is 33.7. The number of rotatable bonds is 9. The van der Waals surface area contributed by atoms with Crippen LogP contribution in [0.1, 0.15) is 31.1 Å². The summed E-state index contributed by atoms with van der Waals surface area (Å²) in [5, 5.41) is 33.7. The first kappa shape index (κ1) is 28.3. The van der Waals surface area contributed by atoms with Gasteiger partial charge in [-0.1, -0.05) is 18.2 Å². The van der Waals surface area contributed by atoms with Crippen molar-refractivity contribution >= 4 is 59.0 Å². The van der Waals surface area contributed by atoms with Crippen molar-refractivity contribution in [3.63, 3.8) is 0 Å². The van der Waals surface area contributed by atoms with Crippen LogP contribution in [0.3, 0.4) is 0 Å². The highest BCUT2D eigenvalue weighted by atomic mass is 31.2. The quantitative estimate of drug-likeness (QED) is 0.112. The average molecular weight is 608 g/mol. The van der Waals surface area contributed by atoms with Crippen LogP contribution in [0.25, 0.3) is 32.3 Å². The normalized spacial score (nSPS) is 11.4. The number of hydrogen-bond acceptors (Lipinski definition) is 10. The van der Waals surface area contributed by atoms with Gasteiger partial charge in [-0.25, -0.2) is 0 Å². The Bertz CT molecular complexity index is 1950. The van der Waals surface area contributed by atoms with Crippen LogP contribution >= 0.6 is 7.82 Å². The maximum Gasteiger partial charge on any atom is 0.647 e. The Hall–Kier alpha value is -5.86. The molecule has 0 saturated carbocycles. The van der Waals surface area contributed by atoms with Crippen molar-refractivity contribution in [3.05, 3.63) is 108 Å². The van der Waals surface area contributed by atoms with E-state index in [1.165, 1.54) is 72.8 Å². The zero-order valence-corrected chi connectivity index (χ0v) is 23.4. The number of aldehydes is 3. The standard InChI is InChI=1S/C33H21O10P/c34-16-22-4-1-19-13-25(7-10-28(19)31(22)37)41-44(40,42-26-8-11-29-20(14-26)2-5-23(17-35)32(29)38)43-27-9-12-30-21(15-27)3-6-24(18-36)33(30)39/h1-18,37-39H. The number of aromatic hydroxyl groups is 3. The van der Waals surface area contributed by atoms with Gasteiger partial charge in [0.1, 0.15) is 34.5 Å². The number of phenols is 3. The summed E-state index contributed by atoms with van der Waals surface area (Å²) in [6.07, 6.45) is 1.59. The fourth-order valence-electron chi connectivity index (χ4n) is 4.82. The largest absolute Gasteiger partial charge is 0.647 e. The highest BCUT2D eigenvalue weighted by Crippen LogP contribution is 2.51. The van der Waals surface area contributed by atoms with Crippen molar-refractivity contribution in [1.29, 1.82) is 0 Å². The summed E-state index contributed by atoms with van der Waals surface area (Å²) in [7, 11) is -4.56. The topological polar surface area (TPSA) is 157 Å². The van der Waals surface area contributed by atoms with E-state index in [0.717, 1.165) is 0 Å². The number of phosphoric ester groups is 1. The Morgan fingerprint density at radius 3 is 1.02 bits per heavy atom. The molecule has 0 fully saturated rings. The van der Waals surface area contributed by atoms with Gasteiger partial charge in [-0.15, -0.1) is 0 Å². The second-order valence-electron chi connectivity index (χ2n) is 9.73.